The number of ether oxygens (including phenoxy) is 2. The number of methoxy groups -OCH3 is 2. The van der Waals surface area contributed by atoms with Gasteiger partial charge in [-0.15, -0.1) is 0 Å². The number of amides is 1. The Morgan fingerprint density at radius 3 is 2.44 bits per heavy atom. The lowest BCUT2D eigenvalue weighted by Crippen LogP contribution is -2.41. The van der Waals surface area contributed by atoms with Crippen molar-refractivity contribution in [2.75, 3.05) is 33.9 Å². The normalized spacial score (nSPS) is 19.7. The predicted octanol–water partition coefficient (Wildman–Crippen LogP) is 4.42. The van der Waals surface area contributed by atoms with Gasteiger partial charge < -0.3 is 9.47 Å². The number of aryl methyl sites for hydroxylation is 1. The first-order valence-corrected chi connectivity index (χ1v) is 11.4. The van der Waals surface area contributed by atoms with Gasteiger partial charge in [-0.1, -0.05) is 36.8 Å². The number of piperidine rings is 1. The summed E-state index contributed by atoms with van der Waals surface area (Å²) in [5.74, 6) is 2.21. The van der Waals surface area contributed by atoms with Crippen LogP contribution in [0.25, 0.3) is 0 Å². The van der Waals surface area contributed by atoms with E-state index >= 15 is 0 Å². The number of benzene rings is 2. The van der Waals surface area contributed by atoms with Crippen LogP contribution >= 0.6 is 0 Å². The lowest BCUT2D eigenvalue weighted by molar-refractivity contribution is -0.134. The molecule has 6 nitrogen and oxygen atoms in total. The summed E-state index contributed by atoms with van der Waals surface area (Å²) < 4.78 is 10.9. The average molecular weight is 436 g/mol. The Kier molecular flexibility index (Phi) is 6.80. The highest BCUT2D eigenvalue weighted by Gasteiger charge is 2.35. The van der Waals surface area contributed by atoms with E-state index in [0.717, 1.165) is 54.4 Å². The predicted molar refractivity (Wildman–Crippen MR) is 126 cm³/mol. The van der Waals surface area contributed by atoms with E-state index in [1.165, 1.54) is 5.56 Å². The monoisotopic (exact) mass is 435 g/mol. The van der Waals surface area contributed by atoms with E-state index in [2.05, 4.69) is 43.0 Å². The van der Waals surface area contributed by atoms with Crippen molar-refractivity contribution in [1.29, 1.82) is 0 Å². The van der Waals surface area contributed by atoms with Crippen LogP contribution in [0, 0.1) is 12.8 Å². The summed E-state index contributed by atoms with van der Waals surface area (Å²) in [4.78, 5) is 15.7. The summed E-state index contributed by atoms with van der Waals surface area (Å²) in [7, 11) is 3.28. The number of carbonyl (C=O) groups is 1. The number of nitrogens with zero attached hydrogens (tertiary/aromatic N) is 3. The average Bonchev–Trinajstić information content (AvgIpc) is 3.26. The standard InChI is InChI=1S/C26H33N3O3/c1-18-5-7-20(8-6-18)24-16-23(22-10-9-21(31-3)15-25(22)32-4)27-29(24)26(30)17-28-13-11-19(2)12-14-28/h5-10,15,19,24H,11-14,16-17H2,1-4H3. The smallest absolute Gasteiger partial charge is 0.257 e. The van der Waals surface area contributed by atoms with Gasteiger partial charge >= 0.3 is 0 Å². The van der Waals surface area contributed by atoms with Gasteiger partial charge in [-0.2, -0.15) is 5.10 Å². The van der Waals surface area contributed by atoms with Gasteiger partial charge in [0, 0.05) is 18.1 Å². The van der Waals surface area contributed by atoms with Crippen LogP contribution in [0.3, 0.4) is 0 Å². The van der Waals surface area contributed by atoms with E-state index in [0.29, 0.717) is 18.7 Å². The minimum Gasteiger partial charge on any atom is -0.497 e. The van der Waals surface area contributed by atoms with E-state index < -0.39 is 0 Å². The van der Waals surface area contributed by atoms with E-state index in [4.69, 9.17) is 14.6 Å². The van der Waals surface area contributed by atoms with Crippen LogP contribution in [0.15, 0.2) is 47.6 Å². The second-order valence-electron chi connectivity index (χ2n) is 8.94. The van der Waals surface area contributed by atoms with Crippen LogP contribution in [0.4, 0.5) is 0 Å². The Bertz CT molecular complexity index is 978. The molecule has 1 saturated heterocycles. The second-order valence-corrected chi connectivity index (χ2v) is 8.94. The molecule has 0 aromatic heterocycles. The summed E-state index contributed by atoms with van der Waals surface area (Å²) in [6.45, 7) is 6.71. The fraction of sp³-hybridized carbons (Fsp3) is 0.462. The highest BCUT2D eigenvalue weighted by atomic mass is 16.5. The number of carbonyl (C=O) groups excluding carboxylic acids is 1. The Labute approximate surface area is 190 Å². The number of hydrogen-bond donors (Lipinski definition) is 0. The van der Waals surface area contributed by atoms with Crippen molar-refractivity contribution in [3.63, 3.8) is 0 Å². The van der Waals surface area contributed by atoms with Crippen LogP contribution in [0.5, 0.6) is 11.5 Å². The Morgan fingerprint density at radius 2 is 1.78 bits per heavy atom. The Balaban J connectivity index is 1.62. The first-order valence-electron chi connectivity index (χ1n) is 11.4. The lowest BCUT2D eigenvalue weighted by Gasteiger charge is -2.31. The zero-order valence-corrected chi connectivity index (χ0v) is 19.5. The zero-order chi connectivity index (χ0) is 22.7. The summed E-state index contributed by atoms with van der Waals surface area (Å²) in [5.41, 5.74) is 4.05. The van der Waals surface area contributed by atoms with Crippen molar-refractivity contribution in [2.45, 2.75) is 39.2 Å². The van der Waals surface area contributed by atoms with Crippen molar-refractivity contribution in [3.8, 4) is 11.5 Å². The second kappa shape index (κ2) is 9.74. The number of likely N-dealkylation sites (tertiary alicyclic amines) is 1. The molecule has 2 heterocycles. The molecule has 170 valence electrons. The van der Waals surface area contributed by atoms with Gasteiger partial charge in [-0.3, -0.25) is 9.69 Å². The van der Waals surface area contributed by atoms with Gasteiger partial charge in [0.25, 0.3) is 5.91 Å². The largest absolute Gasteiger partial charge is 0.497 e. The summed E-state index contributed by atoms with van der Waals surface area (Å²) in [6.07, 6.45) is 2.94. The fourth-order valence-electron chi connectivity index (χ4n) is 4.47. The SMILES string of the molecule is COc1ccc(C2=NN(C(=O)CN3CCC(C)CC3)C(c3ccc(C)cc3)C2)c(OC)c1. The minimum atomic E-state index is -0.117. The molecule has 1 unspecified atom stereocenters. The summed E-state index contributed by atoms with van der Waals surface area (Å²) in [5, 5.41) is 6.53. The molecule has 0 bridgehead atoms. The zero-order valence-electron chi connectivity index (χ0n) is 19.5. The van der Waals surface area contributed by atoms with Crippen molar-refractivity contribution in [2.24, 2.45) is 11.0 Å². The number of rotatable bonds is 6. The molecule has 0 aliphatic carbocycles. The van der Waals surface area contributed by atoms with Gasteiger partial charge in [0.05, 0.1) is 32.5 Å². The molecular formula is C26H33N3O3. The third kappa shape index (κ3) is 4.80. The molecule has 0 N–H and O–H groups in total. The van der Waals surface area contributed by atoms with Crippen molar-refractivity contribution in [3.05, 3.63) is 59.2 Å². The van der Waals surface area contributed by atoms with Gasteiger partial charge in [0.1, 0.15) is 11.5 Å². The molecule has 1 fully saturated rings. The molecule has 0 saturated carbocycles. The first-order chi connectivity index (χ1) is 15.5. The molecule has 2 aromatic carbocycles. The van der Waals surface area contributed by atoms with E-state index in [1.807, 2.05) is 18.2 Å². The lowest BCUT2D eigenvalue weighted by atomic mass is 9.97. The molecule has 0 spiro atoms. The quantitative estimate of drug-likeness (QED) is 0.674. The van der Waals surface area contributed by atoms with Crippen LogP contribution in [-0.2, 0) is 4.79 Å². The molecule has 1 amide bonds. The van der Waals surface area contributed by atoms with E-state index in [9.17, 15) is 4.79 Å². The summed E-state index contributed by atoms with van der Waals surface area (Å²) in [6, 6.07) is 14.0. The Morgan fingerprint density at radius 1 is 1.06 bits per heavy atom. The minimum absolute atomic E-state index is 0.0487. The third-order valence-electron chi connectivity index (χ3n) is 6.58. The van der Waals surface area contributed by atoms with Crippen LogP contribution < -0.4 is 9.47 Å². The molecule has 2 aliphatic heterocycles. The first kappa shape index (κ1) is 22.3. The third-order valence-corrected chi connectivity index (χ3v) is 6.58. The molecule has 32 heavy (non-hydrogen) atoms. The van der Waals surface area contributed by atoms with E-state index in [-0.39, 0.29) is 11.9 Å². The molecule has 4 rings (SSSR count). The number of hydrazone groups is 1. The maximum absolute atomic E-state index is 13.4. The molecule has 6 heteroatoms. The molecule has 0 radical (unpaired) electrons. The van der Waals surface area contributed by atoms with Crippen molar-refractivity contribution < 1.29 is 14.3 Å². The van der Waals surface area contributed by atoms with Gasteiger partial charge in [0.15, 0.2) is 0 Å². The molecule has 1 atom stereocenters. The molecule has 2 aliphatic rings. The maximum Gasteiger partial charge on any atom is 0.257 e. The highest BCUT2D eigenvalue weighted by molar-refractivity contribution is 6.05. The van der Waals surface area contributed by atoms with Gasteiger partial charge in [-0.25, -0.2) is 5.01 Å². The topological polar surface area (TPSA) is 54.4 Å². The Hall–Kier alpha value is -2.86. The van der Waals surface area contributed by atoms with Crippen LogP contribution in [-0.4, -0.2) is 55.4 Å². The van der Waals surface area contributed by atoms with Crippen molar-refractivity contribution >= 4 is 11.6 Å². The number of hydrogen-bond acceptors (Lipinski definition) is 5. The van der Waals surface area contributed by atoms with Crippen molar-refractivity contribution in [1.82, 2.24) is 9.91 Å². The van der Waals surface area contributed by atoms with Gasteiger partial charge in [-0.05, 0) is 56.5 Å². The maximum atomic E-state index is 13.4. The van der Waals surface area contributed by atoms with E-state index in [1.54, 1.807) is 19.2 Å². The summed E-state index contributed by atoms with van der Waals surface area (Å²) >= 11 is 0. The van der Waals surface area contributed by atoms with Crippen LogP contribution in [0.1, 0.15) is 48.9 Å². The van der Waals surface area contributed by atoms with Crippen LogP contribution in [0.2, 0.25) is 0 Å². The fourth-order valence-corrected chi connectivity index (χ4v) is 4.47. The molecular weight excluding hydrogens is 402 g/mol. The molecule has 2 aromatic rings. The highest BCUT2D eigenvalue weighted by Crippen LogP contribution is 2.36. The van der Waals surface area contributed by atoms with Gasteiger partial charge in [0.2, 0.25) is 0 Å².